The zero-order chi connectivity index (χ0) is 19.9. The number of hydrogen-bond acceptors (Lipinski definition) is 3. The van der Waals surface area contributed by atoms with Crippen LogP contribution >= 0.6 is 33.9 Å². The molecule has 3 aromatic rings. The first-order valence-electron chi connectivity index (χ1n) is 9.32. The van der Waals surface area contributed by atoms with E-state index in [4.69, 9.17) is 0 Å². The van der Waals surface area contributed by atoms with Crippen LogP contribution in [0.3, 0.4) is 0 Å². The van der Waals surface area contributed by atoms with E-state index in [1.165, 1.54) is 9.13 Å². The van der Waals surface area contributed by atoms with Gasteiger partial charge in [0.25, 0.3) is 0 Å². The van der Waals surface area contributed by atoms with Gasteiger partial charge in [-0.25, -0.2) is 9.78 Å². The SMILES string of the molecule is CCCCc1ncc(C=C(Cc2cccs2)C(=O)O)n1Cc1ccc(I)cc1. The average Bonchev–Trinajstić information content (AvgIpc) is 3.32. The van der Waals surface area contributed by atoms with Crippen molar-refractivity contribution in [2.75, 3.05) is 0 Å². The molecule has 0 saturated carbocycles. The van der Waals surface area contributed by atoms with Crippen LogP contribution in [0.25, 0.3) is 6.08 Å². The molecule has 0 aliphatic rings. The molecule has 1 N–H and O–H groups in total. The third-order valence-electron chi connectivity index (χ3n) is 4.52. The number of unbranched alkanes of at least 4 members (excludes halogenated alkanes) is 1. The summed E-state index contributed by atoms with van der Waals surface area (Å²) >= 11 is 3.87. The summed E-state index contributed by atoms with van der Waals surface area (Å²) in [5.74, 6) is 0.123. The Balaban J connectivity index is 1.94. The van der Waals surface area contributed by atoms with E-state index < -0.39 is 5.97 Å². The number of hydrogen-bond donors (Lipinski definition) is 1. The van der Waals surface area contributed by atoms with E-state index in [1.54, 1.807) is 23.6 Å². The van der Waals surface area contributed by atoms with Crippen LogP contribution in [-0.2, 0) is 24.2 Å². The summed E-state index contributed by atoms with van der Waals surface area (Å²) in [4.78, 5) is 17.5. The smallest absolute Gasteiger partial charge is 0.332 e. The van der Waals surface area contributed by atoms with Gasteiger partial charge in [0.2, 0.25) is 0 Å². The molecule has 0 radical (unpaired) electrons. The molecule has 28 heavy (non-hydrogen) atoms. The van der Waals surface area contributed by atoms with Crippen LogP contribution in [-0.4, -0.2) is 20.6 Å². The Morgan fingerprint density at radius 2 is 2.07 bits per heavy atom. The highest BCUT2D eigenvalue weighted by molar-refractivity contribution is 14.1. The Labute approximate surface area is 183 Å². The lowest BCUT2D eigenvalue weighted by atomic mass is 10.1. The lowest BCUT2D eigenvalue weighted by Gasteiger charge is -2.11. The maximum atomic E-state index is 11.8. The van der Waals surface area contributed by atoms with Gasteiger partial charge in [-0.15, -0.1) is 11.3 Å². The summed E-state index contributed by atoms with van der Waals surface area (Å²) < 4.78 is 3.34. The van der Waals surface area contributed by atoms with E-state index in [2.05, 4.69) is 63.3 Å². The molecule has 0 aliphatic heterocycles. The normalized spacial score (nSPS) is 11.7. The highest BCUT2D eigenvalue weighted by atomic mass is 127. The van der Waals surface area contributed by atoms with Crippen LogP contribution < -0.4 is 0 Å². The van der Waals surface area contributed by atoms with Crippen LogP contribution in [0, 0.1) is 3.57 Å². The maximum absolute atomic E-state index is 11.8. The summed E-state index contributed by atoms with van der Waals surface area (Å²) in [6.45, 7) is 2.85. The number of rotatable bonds is 9. The summed E-state index contributed by atoms with van der Waals surface area (Å²) in [7, 11) is 0. The van der Waals surface area contributed by atoms with Crippen molar-refractivity contribution in [3.8, 4) is 0 Å². The van der Waals surface area contributed by atoms with Crippen LogP contribution in [0.4, 0.5) is 0 Å². The van der Waals surface area contributed by atoms with Gasteiger partial charge >= 0.3 is 5.97 Å². The Bertz CT molecular complexity index is 944. The maximum Gasteiger partial charge on any atom is 0.332 e. The van der Waals surface area contributed by atoms with Crippen LogP contribution in [0.15, 0.2) is 53.5 Å². The van der Waals surface area contributed by atoms with Gasteiger partial charge < -0.3 is 9.67 Å². The molecule has 0 saturated heterocycles. The predicted molar refractivity (Wildman–Crippen MR) is 123 cm³/mol. The van der Waals surface area contributed by atoms with Crippen molar-refractivity contribution in [3.63, 3.8) is 0 Å². The molecule has 0 atom stereocenters. The van der Waals surface area contributed by atoms with Gasteiger partial charge in [-0.2, -0.15) is 0 Å². The van der Waals surface area contributed by atoms with Crippen molar-refractivity contribution in [1.29, 1.82) is 0 Å². The van der Waals surface area contributed by atoms with Gasteiger partial charge in [0.05, 0.1) is 11.9 Å². The number of benzene rings is 1. The Morgan fingerprint density at radius 3 is 2.71 bits per heavy atom. The van der Waals surface area contributed by atoms with Crippen LogP contribution in [0.5, 0.6) is 0 Å². The fourth-order valence-electron chi connectivity index (χ4n) is 3.00. The van der Waals surface area contributed by atoms with Crippen LogP contribution in [0.2, 0.25) is 0 Å². The van der Waals surface area contributed by atoms with Crippen molar-refractivity contribution in [2.45, 2.75) is 39.2 Å². The largest absolute Gasteiger partial charge is 0.478 e. The molecule has 0 spiro atoms. The van der Waals surface area contributed by atoms with Crippen molar-refractivity contribution in [3.05, 3.63) is 79.1 Å². The summed E-state index contributed by atoms with van der Waals surface area (Å²) in [5, 5.41) is 11.7. The lowest BCUT2D eigenvalue weighted by Crippen LogP contribution is -2.09. The minimum absolute atomic E-state index is 0.383. The zero-order valence-corrected chi connectivity index (χ0v) is 18.7. The zero-order valence-electron chi connectivity index (χ0n) is 15.8. The van der Waals surface area contributed by atoms with Crippen molar-refractivity contribution in [1.82, 2.24) is 9.55 Å². The molecule has 0 fully saturated rings. The molecule has 0 bridgehead atoms. The number of aryl methyl sites for hydroxylation is 1. The number of thiophene rings is 1. The number of halogens is 1. The van der Waals surface area contributed by atoms with E-state index >= 15 is 0 Å². The second-order valence-corrected chi connectivity index (χ2v) is 8.92. The number of aliphatic carboxylic acids is 1. The minimum atomic E-state index is -0.884. The Morgan fingerprint density at radius 1 is 1.29 bits per heavy atom. The molecule has 0 amide bonds. The molecule has 3 rings (SSSR count). The third kappa shape index (κ3) is 5.54. The average molecular weight is 506 g/mol. The number of carbonyl (C=O) groups is 1. The number of carboxylic acid groups (broad SMARTS) is 1. The van der Waals surface area contributed by atoms with E-state index in [9.17, 15) is 9.90 Å². The van der Waals surface area contributed by atoms with Crippen LogP contribution in [0.1, 0.15) is 41.7 Å². The van der Waals surface area contributed by atoms with Gasteiger partial charge in [-0.05, 0) is 64.2 Å². The fourth-order valence-corrected chi connectivity index (χ4v) is 4.09. The van der Waals surface area contributed by atoms with E-state index in [-0.39, 0.29) is 0 Å². The molecule has 1 aromatic carbocycles. The fraction of sp³-hybridized carbons (Fsp3) is 0.273. The van der Waals surface area contributed by atoms with Gasteiger partial charge in [-0.1, -0.05) is 31.5 Å². The van der Waals surface area contributed by atoms with Gasteiger partial charge in [0.1, 0.15) is 5.82 Å². The first-order chi connectivity index (χ1) is 13.6. The number of imidazole rings is 1. The molecule has 2 aromatic heterocycles. The number of nitrogens with zero attached hydrogens (tertiary/aromatic N) is 2. The molecular formula is C22H23IN2O2S. The van der Waals surface area contributed by atoms with Gasteiger partial charge in [0.15, 0.2) is 0 Å². The van der Waals surface area contributed by atoms with Gasteiger partial charge in [0, 0.05) is 33.4 Å². The monoisotopic (exact) mass is 506 g/mol. The second kappa shape index (κ2) is 10.0. The second-order valence-electron chi connectivity index (χ2n) is 6.65. The molecule has 146 valence electrons. The quantitative estimate of drug-likeness (QED) is 0.302. The minimum Gasteiger partial charge on any atom is -0.478 e. The van der Waals surface area contributed by atoms with E-state index in [0.29, 0.717) is 18.5 Å². The van der Waals surface area contributed by atoms with Gasteiger partial charge in [-0.3, -0.25) is 0 Å². The third-order valence-corrected chi connectivity index (χ3v) is 6.11. The van der Waals surface area contributed by atoms with Crippen molar-refractivity contribution < 1.29 is 9.90 Å². The van der Waals surface area contributed by atoms with Crippen molar-refractivity contribution >= 4 is 46.0 Å². The standard InChI is InChI=1S/C22H23IN2O2S/c1-2-3-6-21-24-14-19(25(21)15-16-7-9-18(23)10-8-16)12-17(22(26)27)13-20-5-4-11-28-20/h4-5,7-12,14H,2-3,6,13,15H2,1H3,(H,26,27). The molecular weight excluding hydrogens is 483 g/mol. The summed E-state index contributed by atoms with van der Waals surface area (Å²) in [6, 6.07) is 12.3. The first-order valence-corrected chi connectivity index (χ1v) is 11.3. The molecule has 0 unspecified atom stereocenters. The number of carboxylic acids is 1. The molecule has 0 aliphatic carbocycles. The van der Waals surface area contributed by atoms with E-state index in [0.717, 1.165) is 35.7 Å². The molecule has 6 heteroatoms. The topological polar surface area (TPSA) is 55.1 Å². The highest BCUT2D eigenvalue weighted by Crippen LogP contribution is 2.20. The molecule has 2 heterocycles. The summed E-state index contributed by atoms with van der Waals surface area (Å²) in [6.07, 6.45) is 7.05. The lowest BCUT2D eigenvalue weighted by molar-refractivity contribution is -0.132. The Kier molecular flexibility index (Phi) is 7.44. The van der Waals surface area contributed by atoms with Crippen molar-refractivity contribution in [2.24, 2.45) is 0 Å². The Hall–Kier alpha value is -1.93. The molecule has 4 nitrogen and oxygen atoms in total. The first kappa shape index (κ1) is 20.8. The number of aromatic nitrogens is 2. The summed E-state index contributed by atoms with van der Waals surface area (Å²) in [5.41, 5.74) is 2.41. The highest BCUT2D eigenvalue weighted by Gasteiger charge is 2.14. The van der Waals surface area contributed by atoms with E-state index in [1.807, 2.05) is 17.5 Å². The predicted octanol–water partition coefficient (Wildman–Crippen LogP) is 5.65.